The summed E-state index contributed by atoms with van der Waals surface area (Å²) in [6, 6.07) is 14.6. The van der Waals surface area contributed by atoms with E-state index in [0.717, 1.165) is 25.1 Å². The monoisotopic (exact) mass is 315 g/mol. The zero-order valence-corrected chi connectivity index (χ0v) is 13.6. The van der Waals surface area contributed by atoms with E-state index in [4.69, 9.17) is 9.47 Å². The van der Waals surface area contributed by atoms with Crippen molar-refractivity contribution in [3.05, 3.63) is 42.5 Å². The molecule has 0 saturated carbocycles. The van der Waals surface area contributed by atoms with E-state index in [-0.39, 0.29) is 6.10 Å². The number of benzene rings is 2. The molecule has 0 aliphatic carbocycles. The normalized spacial score (nSPS) is 19.1. The fourth-order valence-electron chi connectivity index (χ4n) is 3.00. The second-order valence-electron chi connectivity index (χ2n) is 6.24. The summed E-state index contributed by atoms with van der Waals surface area (Å²) in [5, 5.41) is 12.6. The quantitative estimate of drug-likeness (QED) is 0.853. The largest absolute Gasteiger partial charge is 0.389 e. The summed E-state index contributed by atoms with van der Waals surface area (Å²) in [7, 11) is 1.99. The Labute approximate surface area is 137 Å². The number of hydrogen-bond acceptors (Lipinski definition) is 4. The van der Waals surface area contributed by atoms with Gasteiger partial charge in [0.25, 0.3) is 0 Å². The molecule has 124 valence electrons. The summed E-state index contributed by atoms with van der Waals surface area (Å²) < 4.78 is 11.1. The van der Waals surface area contributed by atoms with Crippen LogP contribution in [0.1, 0.15) is 12.8 Å². The average Bonchev–Trinajstić information content (AvgIpc) is 3.07. The van der Waals surface area contributed by atoms with Crippen LogP contribution in [0.4, 0.5) is 5.69 Å². The lowest BCUT2D eigenvalue weighted by molar-refractivity contribution is -0.0147. The zero-order chi connectivity index (χ0) is 16.1. The summed E-state index contributed by atoms with van der Waals surface area (Å²) in [5.41, 5.74) is 1.10. The Kier molecular flexibility index (Phi) is 5.49. The lowest BCUT2D eigenvalue weighted by Crippen LogP contribution is -2.33. The van der Waals surface area contributed by atoms with Crippen molar-refractivity contribution in [2.45, 2.75) is 25.0 Å². The molecule has 1 heterocycles. The van der Waals surface area contributed by atoms with Crippen LogP contribution in [0.15, 0.2) is 42.5 Å². The molecule has 1 aliphatic heterocycles. The van der Waals surface area contributed by atoms with Gasteiger partial charge in [0, 0.05) is 25.9 Å². The molecule has 0 radical (unpaired) electrons. The highest BCUT2D eigenvalue weighted by Crippen LogP contribution is 2.21. The van der Waals surface area contributed by atoms with Crippen molar-refractivity contribution >= 4 is 16.5 Å². The molecular formula is C19H25NO3. The first-order chi connectivity index (χ1) is 11.2. The summed E-state index contributed by atoms with van der Waals surface area (Å²) in [6.07, 6.45) is 1.88. The molecule has 1 aliphatic rings. The second kappa shape index (κ2) is 7.77. The van der Waals surface area contributed by atoms with Crippen molar-refractivity contribution < 1.29 is 14.6 Å². The third-order valence-electron chi connectivity index (χ3n) is 4.30. The third-order valence-corrected chi connectivity index (χ3v) is 4.30. The molecule has 3 rings (SSSR count). The smallest absolute Gasteiger partial charge is 0.0947 e. The Morgan fingerprint density at radius 3 is 2.87 bits per heavy atom. The van der Waals surface area contributed by atoms with Crippen LogP contribution in [0, 0.1) is 0 Å². The van der Waals surface area contributed by atoms with Gasteiger partial charge in [0.05, 0.1) is 25.4 Å². The Hall–Kier alpha value is -1.62. The molecule has 0 bridgehead atoms. The molecule has 0 spiro atoms. The Balaban J connectivity index is 1.49. The highest BCUT2D eigenvalue weighted by atomic mass is 16.5. The van der Waals surface area contributed by atoms with Crippen molar-refractivity contribution in [2.24, 2.45) is 0 Å². The summed E-state index contributed by atoms with van der Waals surface area (Å²) >= 11 is 0. The van der Waals surface area contributed by atoms with Crippen molar-refractivity contribution in [3.63, 3.8) is 0 Å². The second-order valence-corrected chi connectivity index (χ2v) is 6.24. The van der Waals surface area contributed by atoms with Crippen LogP contribution < -0.4 is 4.90 Å². The first kappa shape index (κ1) is 16.2. The van der Waals surface area contributed by atoms with E-state index in [2.05, 4.69) is 35.2 Å². The van der Waals surface area contributed by atoms with Crippen LogP contribution in [-0.2, 0) is 9.47 Å². The van der Waals surface area contributed by atoms with E-state index in [1.165, 1.54) is 10.8 Å². The fraction of sp³-hybridized carbons (Fsp3) is 0.474. The van der Waals surface area contributed by atoms with Gasteiger partial charge in [0.15, 0.2) is 0 Å². The highest BCUT2D eigenvalue weighted by Gasteiger charge is 2.16. The van der Waals surface area contributed by atoms with Gasteiger partial charge >= 0.3 is 0 Å². The van der Waals surface area contributed by atoms with Crippen molar-refractivity contribution in [2.75, 3.05) is 38.3 Å². The standard InChI is InChI=1S/C19H25NO3/c1-20(12-18(21)13-22-14-19-7-4-10-23-19)17-9-8-15-5-2-3-6-16(15)11-17/h2-3,5-6,8-9,11,18-19,21H,4,7,10,12-14H2,1H3. The molecule has 0 aromatic heterocycles. The lowest BCUT2D eigenvalue weighted by Gasteiger charge is -2.23. The van der Waals surface area contributed by atoms with Gasteiger partial charge in [0.2, 0.25) is 0 Å². The number of ether oxygens (including phenoxy) is 2. The number of likely N-dealkylation sites (N-methyl/N-ethyl adjacent to an activating group) is 1. The third kappa shape index (κ3) is 4.44. The van der Waals surface area contributed by atoms with Gasteiger partial charge in [-0.25, -0.2) is 0 Å². The minimum atomic E-state index is -0.507. The molecule has 0 amide bonds. The van der Waals surface area contributed by atoms with E-state index >= 15 is 0 Å². The molecule has 23 heavy (non-hydrogen) atoms. The summed E-state index contributed by atoms with van der Waals surface area (Å²) in [4.78, 5) is 2.06. The number of rotatable bonds is 7. The topological polar surface area (TPSA) is 41.9 Å². The van der Waals surface area contributed by atoms with E-state index in [1.807, 2.05) is 19.2 Å². The van der Waals surface area contributed by atoms with Gasteiger partial charge in [-0.1, -0.05) is 30.3 Å². The van der Waals surface area contributed by atoms with Crippen LogP contribution in [0.5, 0.6) is 0 Å². The predicted octanol–water partition coefficient (Wildman–Crippen LogP) is 2.83. The molecule has 4 nitrogen and oxygen atoms in total. The van der Waals surface area contributed by atoms with Gasteiger partial charge in [-0.2, -0.15) is 0 Å². The minimum Gasteiger partial charge on any atom is -0.389 e. The number of hydrogen-bond donors (Lipinski definition) is 1. The van der Waals surface area contributed by atoms with E-state index in [1.54, 1.807) is 0 Å². The lowest BCUT2D eigenvalue weighted by atomic mass is 10.1. The first-order valence-electron chi connectivity index (χ1n) is 8.30. The van der Waals surface area contributed by atoms with Crippen LogP contribution in [0.25, 0.3) is 10.8 Å². The Morgan fingerprint density at radius 2 is 2.09 bits per heavy atom. The number of anilines is 1. The minimum absolute atomic E-state index is 0.209. The van der Waals surface area contributed by atoms with Crippen molar-refractivity contribution in [1.29, 1.82) is 0 Å². The van der Waals surface area contributed by atoms with E-state index in [9.17, 15) is 5.11 Å². The van der Waals surface area contributed by atoms with Crippen LogP contribution in [0.3, 0.4) is 0 Å². The van der Waals surface area contributed by atoms with Crippen LogP contribution in [0.2, 0.25) is 0 Å². The van der Waals surface area contributed by atoms with Gasteiger partial charge in [0.1, 0.15) is 0 Å². The molecule has 1 N–H and O–H groups in total. The van der Waals surface area contributed by atoms with Gasteiger partial charge < -0.3 is 19.5 Å². The number of nitrogens with zero attached hydrogens (tertiary/aromatic N) is 1. The maximum Gasteiger partial charge on any atom is 0.0947 e. The first-order valence-corrected chi connectivity index (χ1v) is 8.30. The van der Waals surface area contributed by atoms with Crippen LogP contribution >= 0.6 is 0 Å². The maximum absolute atomic E-state index is 10.2. The number of fused-ring (bicyclic) bond motifs is 1. The highest BCUT2D eigenvalue weighted by molar-refractivity contribution is 5.85. The molecular weight excluding hydrogens is 290 g/mol. The maximum atomic E-state index is 10.2. The van der Waals surface area contributed by atoms with E-state index in [0.29, 0.717) is 19.8 Å². The number of aliphatic hydroxyl groups is 1. The SMILES string of the molecule is CN(CC(O)COCC1CCCO1)c1ccc2ccccc2c1. The Morgan fingerprint density at radius 1 is 1.26 bits per heavy atom. The molecule has 1 fully saturated rings. The Bertz CT molecular complexity index is 625. The van der Waals surface area contributed by atoms with Crippen molar-refractivity contribution in [3.8, 4) is 0 Å². The van der Waals surface area contributed by atoms with Gasteiger partial charge in [-0.05, 0) is 35.7 Å². The predicted molar refractivity (Wildman–Crippen MR) is 93.0 cm³/mol. The molecule has 2 atom stereocenters. The van der Waals surface area contributed by atoms with Gasteiger partial charge in [-0.3, -0.25) is 0 Å². The summed E-state index contributed by atoms with van der Waals surface area (Å²) in [5.74, 6) is 0. The number of aliphatic hydroxyl groups excluding tert-OH is 1. The van der Waals surface area contributed by atoms with Crippen LogP contribution in [-0.4, -0.2) is 50.7 Å². The van der Waals surface area contributed by atoms with E-state index < -0.39 is 6.10 Å². The zero-order valence-electron chi connectivity index (χ0n) is 13.6. The van der Waals surface area contributed by atoms with Gasteiger partial charge in [-0.15, -0.1) is 0 Å². The average molecular weight is 315 g/mol. The molecule has 2 aromatic carbocycles. The molecule has 4 heteroatoms. The molecule has 2 aromatic rings. The summed E-state index contributed by atoms with van der Waals surface area (Å²) in [6.45, 7) is 2.31. The van der Waals surface area contributed by atoms with Crippen molar-refractivity contribution in [1.82, 2.24) is 0 Å². The molecule has 2 unspecified atom stereocenters. The fourth-order valence-corrected chi connectivity index (χ4v) is 3.00. The molecule has 1 saturated heterocycles.